The highest BCUT2D eigenvalue weighted by atomic mass is 16.5. The highest BCUT2D eigenvalue weighted by Crippen LogP contribution is 2.00. The summed E-state index contributed by atoms with van der Waals surface area (Å²) in [5.41, 5.74) is 10.7. The molecule has 0 aliphatic carbocycles. The van der Waals surface area contributed by atoms with E-state index in [1.165, 1.54) is 0 Å². The lowest BCUT2D eigenvalue weighted by atomic mass is 10.1. The first-order valence-corrected chi connectivity index (χ1v) is 5.33. The van der Waals surface area contributed by atoms with E-state index in [0.29, 0.717) is 19.3 Å². The van der Waals surface area contributed by atoms with Crippen molar-refractivity contribution in [1.82, 2.24) is 0 Å². The van der Waals surface area contributed by atoms with Crippen molar-refractivity contribution in [3.05, 3.63) is 0 Å². The van der Waals surface area contributed by atoms with Gasteiger partial charge in [0.1, 0.15) is 12.1 Å². The van der Waals surface area contributed by atoms with E-state index in [4.69, 9.17) is 27.7 Å². The number of rotatable bonds is 8. The van der Waals surface area contributed by atoms with Crippen LogP contribution in [0.1, 0.15) is 25.7 Å². The number of esters is 1. The van der Waals surface area contributed by atoms with Crippen LogP contribution in [0.2, 0.25) is 0 Å². The second-order valence-corrected chi connectivity index (χ2v) is 3.62. The van der Waals surface area contributed by atoms with Gasteiger partial charge in [0.25, 0.3) is 0 Å². The van der Waals surface area contributed by atoms with Gasteiger partial charge in [-0.1, -0.05) is 0 Å². The molecule has 17 heavy (non-hydrogen) atoms. The normalized spacial score (nSPS) is 13.5. The van der Waals surface area contributed by atoms with Crippen LogP contribution in [0.5, 0.6) is 0 Å². The van der Waals surface area contributed by atoms with Gasteiger partial charge in [0, 0.05) is 6.42 Å². The third kappa shape index (κ3) is 7.33. The lowest BCUT2D eigenvalue weighted by Gasteiger charge is -2.09. The van der Waals surface area contributed by atoms with Crippen LogP contribution >= 0.6 is 0 Å². The molecule has 0 rings (SSSR count). The SMILES string of the molecule is C#CCC(N)C(=O)OCCCC[C@H](N)C(=O)O. The molecule has 2 atom stereocenters. The van der Waals surface area contributed by atoms with Crippen molar-refractivity contribution in [1.29, 1.82) is 0 Å². The Morgan fingerprint density at radius 1 is 1.29 bits per heavy atom. The molecule has 0 amide bonds. The van der Waals surface area contributed by atoms with Crippen molar-refractivity contribution in [3.8, 4) is 12.3 Å². The van der Waals surface area contributed by atoms with Gasteiger partial charge in [-0.2, -0.15) is 0 Å². The number of unbranched alkanes of at least 4 members (excludes halogenated alkanes) is 1. The standard InChI is InChI=1S/C11H18N2O4/c1-2-5-9(13)11(16)17-7-4-3-6-8(12)10(14)15/h1,8-9H,3-7,12-13H2,(H,14,15)/t8-,9?/m0/s1. The lowest BCUT2D eigenvalue weighted by Crippen LogP contribution is -2.32. The fourth-order valence-corrected chi connectivity index (χ4v) is 1.08. The van der Waals surface area contributed by atoms with Gasteiger partial charge in [-0.3, -0.25) is 9.59 Å². The number of carbonyl (C=O) groups is 2. The molecule has 0 aromatic rings. The quantitative estimate of drug-likeness (QED) is 0.299. The predicted molar refractivity (Wildman–Crippen MR) is 61.8 cm³/mol. The zero-order valence-electron chi connectivity index (χ0n) is 9.59. The van der Waals surface area contributed by atoms with Gasteiger partial charge in [0.15, 0.2) is 0 Å². The summed E-state index contributed by atoms with van der Waals surface area (Å²) in [4.78, 5) is 21.6. The van der Waals surface area contributed by atoms with Gasteiger partial charge in [-0.05, 0) is 19.3 Å². The van der Waals surface area contributed by atoms with Gasteiger partial charge in [-0.25, -0.2) is 0 Å². The van der Waals surface area contributed by atoms with Gasteiger partial charge < -0.3 is 21.3 Å². The van der Waals surface area contributed by atoms with Crippen molar-refractivity contribution >= 4 is 11.9 Å². The molecule has 0 saturated carbocycles. The highest BCUT2D eigenvalue weighted by Gasteiger charge is 2.14. The zero-order chi connectivity index (χ0) is 13.3. The molecule has 0 aliphatic rings. The van der Waals surface area contributed by atoms with E-state index in [9.17, 15) is 9.59 Å². The minimum Gasteiger partial charge on any atom is -0.480 e. The number of carboxylic acids is 1. The summed E-state index contributed by atoms with van der Waals surface area (Å²) in [5, 5.41) is 8.51. The lowest BCUT2D eigenvalue weighted by molar-refractivity contribution is -0.145. The molecular formula is C11H18N2O4. The predicted octanol–water partition coefficient (Wildman–Crippen LogP) is -0.538. The monoisotopic (exact) mass is 242 g/mol. The number of aliphatic carboxylic acids is 1. The van der Waals surface area contributed by atoms with Crippen LogP contribution in [-0.2, 0) is 14.3 Å². The summed E-state index contributed by atoms with van der Waals surface area (Å²) < 4.78 is 4.85. The Morgan fingerprint density at radius 2 is 1.94 bits per heavy atom. The maximum atomic E-state index is 11.2. The summed E-state index contributed by atoms with van der Waals surface area (Å²) in [6.45, 7) is 0.198. The Balaban J connectivity index is 3.55. The molecule has 0 fully saturated rings. The molecule has 6 nitrogen and oxygen atoms in total. The first-order valence-electron chi connectivity index (χ1n) is 5.33. The summed E-state index contributed by atoms with van der Waals surface area (Å²) in [7, 11) is 0. The molecular weight excluding hydrogens is 224 g/mol. The number of carboxylic acid groups (broad SMARTS) is 1. The minimum absolute atomic E-state index is 0.142. The molecule has 96 valence electrons. The molecule has 0 spiro atoms. The Hall–Kier alpha value is -1.58. The van der Waals surface area contributed by atoms with E-state index < -0.39 is 24.0 Å². The summed E-state index contributed by atoms with van der Waals surface area (Å²) in [6, 6.07) is -1.66. The van der Waals surface area contributed by atoms with E-state index in [2.05, 4.69) is 5.92 Å². The van der Waals surface area contributed by atoms with Crippen LogP contribution in [0.15, 0.2) is 0 Å². The maximum absolute atomic E-state index is 11.2. The topological polar surface area (TPSA) is 116 Å². The molecule has 1 unspecified atom stereocenters. The molecule has 0 radical (unpaired) electrons. The third-order valence-corrected chi connectivity index (χ3v) is 2.11. The number of hydrogen-bond donors (Lipinski definition) is 3. The largest absolute Gasteiger partial charge is 0.480 e. The second-order valence-electron chi connectivity index (χ2n) is 3.62. The van der Waals surface area contributed by atoms with Crippen LogP contribution in [0.25, 0.3) is 0 Å². The molecule has 0 aliphatic heterocycles. The first kappa shape index (κ1) is 15.4. The van der Waals surface area contributed by atoms with E-state index in [0.717, 1.165) is 0 Å². The zero-order valence-corrected chi connectivity index (χ0v) is 9.59. The molecule has 0 saturated heterocycles. The second kappa shape index (κ2) is 8.56. The van der Waals surface area contributed by atoms with Gasteiger partial charge in [0.2, 0.25) is 0 Å². The number of hydrogen-bond acceptors (Lipinski definition) is 5. The van der Waals surface area contributed by atoms with Crippen molar-refractivity contribution in [2.45, 2.75) is 37.8 Å². The van der Waals surface area contributed by atoms with Crippen molar-refractivity contribution < 1.29 is 19.4 Å². The average molecular weight is 242 g/mol. The van der Waals surface area contributed by atoms with Crippen LogP contribution in [-0.4, -0.2) is 35.7 Å². The minimum atomic E-state index is -1.03. The number of terminal acetylenes is 1. The fraction of sp³-hybridized carbons (Fsp3) is 0.636. The van der Waals surface area contributed by atoms with Gasteiger partial charge >= 0.3 is 11.9 Å². The van der Waals surface area contributed by atoms with Crippen molar-refractivity contribution in [2.24, 2.45) is 11.5 Å². The molecule has 5 N–H and O–H groups in total. The Labute approximate surface area is 100 Å². The van der Waals surface area contributed by atoms with Gasteiger partial charge in [-0.15, -0.1) is 12.3 Å². The summed E-state index contributed by atoms with van der Waals surface area (Å²) >= 11 is 0. The van der Waals surface area contributed by atoms with Crippen molar-refractivity contribution in [3.63, 3.8) is 0 Å². The fourth-order valence-electron chi connectivity index (χ4n) is 1.08. The summed E-state index contributed by atoms with van der Waals surface area (Å²) in [6.07, 6.45) is 6.62. The van der Waals surface area contributed by atoms with E-state index in [1.807, 2.05) is 0 Å². The van der Waals surface area contributed by atoms with E-state index in [-0.39, 0.29) is 13.0 Å². The van der Waals surface area contributed by atoms with Crippen LogP contribution in [0, 0.1) is 12.3 Å². The number of carbonyl (C=O) groups excluding carboxylic acids is 1. The van der Waals surface area contributed by atoms with E-state index >= 15 is 0 Å². The smallest absolute Gasteiger partial charge is 0.323 e. The van der Waals surface area contributed by atoms with E-state index in [1.54, 1.807) is 0 Å². The first-order chi connectivity index (χ1) is 7.99. The van der Waals surface area contributed by atoms with Crippen molar-refractivity contribution in [2.75, 3.05) is 6.61 Å². The van der Waals surface area contributed by atoms with Crippen LogP contribution < -0.4 is 11.5 Å². The third-order valence-electron chi connectivity index (χ3n) is 2.11. The Morgan fingerprint density at radius 3 is 2.47 bits per heavy atom. The molecule has 0 aromatic carbocycles. The van der Waals surface area contributed by atoms with Crippen LogP contribution in [0.4, 0.5) is 0 Å². The average Bonchev–Trinajstić information content (AvgIpc) is 2.28. The molecule has 0 heterocycles. The maximum Gasteiger partial charge on any atom is 0.323 e. The van der Waals surface area contributed by atoms with Crippen LogP contribution in [0.3, 0.4) is 0 Å². The number of nitrogens with two attached hydrogens (primary N) is 2. The Bertz CT molecular complexity index is 298. The highest BCUT2D eigenvalue weighted by molar-refractivity contribution is 5.75. The molecule has 0 bridgehead atoms. The number of ether oxygens (including phenoxy) is 1. The summed E-state index contributed by atoms with van der Waals surface area (Å²) in [5.74, 6) is 0.704. The Kier molecular flexibility index (Phi) is 7.76. The van der Waals surface area contributed by atoms with Gasteiger partial charge in [0.05, 0.1) is 6.61 Å². The molecule has 6 heteroatoms. The molecule has 0 aromatic heterocycles.